The summed E-state index contributed by atoms with van der Waals surface area (Å²) in [5.74, 6) is 0. The molecule has 0 radical (unpaired) electrons. The number of hydrogen-bond donors (Lipinski definition) is 2. The number of halogens is 2. The Labute approximate surface area is 161 Å². The van der Waals surface area contributed by atoms with E-state index in [0.717, 1.165) is 33.4 Å². The number of nitrogens with two attached hydrogens (primary N) is 2. The van der Waals surface area contributed by atoms with Gasteiger partial charge in [0, 0.05) is 0 Å². The van der Waals surface area contributed by atoms with Crippen molar-refractivity contribution in [2.24, 2.45) is 11.5 Å². The van der Waals surface area contributed by atoms with Gasteiger partial charge >= 0.3 is 0 Å². The van der Waals surface area contributed by atoms with Crippen LogP contribution >= 0.6 is 23.2 Å². The monoisotopic (exact) mass is 378 g/mol. The molecule has 2 aliphatic carbocycles. The molecule has 0 heterocycles. The predicted octanol–water partition coefficient (Wildman–Crippen LogP) is 4.91. The molecule has 2 aliphatic rings. The average Bonchev–Trinajstić information content (AvgIpc) is 2.60. The molecule has 0 bridgehead atoms. The molecule has 4 N–H and O–H groups in total. The maximum atomic E-state index is 6.73. The summed E-state index contributed by atoms with van der Waals surface area (Å²) in [5.41, 5.74) is 19.2. The van der Waals surface area contributed by atoms with Crippen molar-refractivity contribution >= 4 is 23.2 Å². The van der Waals surface area contributed by atoms with Crippen LogP contribution in [-0.2, 0) is 0 Å². The first-order valence-corrected chi connectivity index (χ1v) is 9.61. The summed E-state index contributed by atoms with van der Waals surface area (Å²) in [6.45, 7) is 7.98. The van der Waals surface area contributed by atoms with Gasteiger partial charge in [0.05, 0.1) is 22.8 Å². The van der Waals surface area contributed by atoms with Crippen molar-refractivity contribution in [3.05, 3.63) is 69.9 Å². The molecule has 0 fully saturated rings. The van der Waals surface area contributed by atoms with Gasteiger partial charge in [-0.1, -0.05) is 36.5 Å². The van der Waals surface area contributed by atoms with E-state index < -0.39 is 0 Å². The molecule has 0 aromatic rings. The third kappa shape index (κ3) is 3.88. The molecule has 0 saturated carbocycles. The Morgan fingerprint density at radius 3 is 1.40 bits per heavy atom. The third-order valence-corrected chi connectivity index (χ3v) is 6.18. The molecular formula is C21H28Cl2N2. The highest BCUT2D eigenvalue weighted by atomic mass is 35.5. The van der Waals surface area contributed by atoms with Gasteiger partial charge in [-0.15, -0.1) is 23.2 Å². The smallest absolute Gasteiger partial charge is 0.0779 e. The lowest BCUT2D eigenvalue weighted by atomic mass is 9.79. The SMILES string of the molecule is CC=C1C=C(CC2=CC(=CC)C(N)C(=CC)C2Cl)C(Cl)C(=CC)C1N. The van der Waals surface area contributed by atoms with Crippen LogP contribution in [0.5, 0.6) is 0 Å². The average molecular weight is 379 g/mol. The van der Waals surface area contributed by atoms with E-state index in [0.29, 0.717) is 6.42 Å². The highest BCUT2D eigenvalue weighted by Gasteiger charge is 2.32. The molecule has 0 amide bonds. The van der Waals surface area contributed by atoms with Gasteiger partial charge in [0.2, 0.25) is 0 Å². The van der Waals surface area contributed by atoms with Crippen LogP contribution in [0.3, 0.4) is 0 Å². The Balaban J connectivity index is 2.43. The summed E-state index contributed by atoms with van der Waals surface area (Å²) < 4.78 is 0. The molecule has 0 aromatic heterocycles. The fourth-order valence-electron chi connectivity index (χ4n) is 3.58. The zero-order valence-corrected chi connectivity index (χ0v) is 16.9. The second-order valence-corrected chi connectivity index (χ2v) is 7.32. The summed E-state index contributed by atoms with van der Waals surface area (Å²) in [5, 5.41) is -0.403. The summed E-state index contributed by atoms with van der Waals surface area (Å²) in [6, 6.07) is -0.280. The van der Waals surface area contributed by atoms with E-state index in [9.17, 15) is 0 Å². The molecule has 25 heavy (non-hydrogen) atoms. The van der Waals surface area contributed by atoms with E-state index >= 15 is 0 Å². The maximum absolute atomic E-state index is 6.73. The molecule has 136 valence electrons. The zero-order chi connectivity index (χ0) is 18.7. The Morgan fingerprint density at radius 2 is 1.12 bits per heavy atom. The van der Waals surface area contributed by atoms with E-state index in [-0.39, 0.29) is 22.8 Å². The molecule has 4 atom stereocenters. The Morgan fingerprint density at radius 1 is 0.760 bits per heavy atom. The van der Waals surface area contributed by atoms with Gasteiger partial charge in [-0.3, -0.25) is 0 Å². The molecule has 2 rings (SSSR count). The van der Waals surface area contributed by atoms with Crippen LogP contribution < -0.4 is 11.5 Å². The van der Waals surface area contributed by atoms with Crippen LogP contribution in [0, 0.1) is 0 Å². The Kier molecular flexibility index (Phi) is 6.93. The predicted molar refractivity (Wildman–Crippen MR) is 111 cm³/mol. The number of allylic oxidation sites excluding steroid dienone is 6. The minimum atomic E-state index is -0.202. The van der Waals surface area contributed by atoms with Gasteiger partial charge in [0.1, 0.15) is 0 Å². The topological polar surface area (TPSA) is 52.0 Å². The highest BCUT2D eigenvalue weighted by Crippen LogP contribution is 2.39. The van der Waals surface area contributed by atoms with Crippen LogP contribution in [0.15, 0.2) is 69.9 Å². The molecule has 2 nitrogen and oxygen atoms in total. The van der Waals surface area contributed by atoms with Crippen LogP contribution in [0.2, 0.25) is 0 Å². The van der Waals surface area contributed by atoms with Crippen molar-refractivity contribution in [3.8, 4) is 0 Å². The number of hydrogen-bond acceptors (Lipinski definition) is 2. The van der Waals surface area contributed by atoms with Crippen LogP contribution in [0.25, 0.3) is 0 Å². The normalized spacial score (nSPS) is 37.0. The van der Waals surface area contributed by atoms with Gasteiger partial charge in [-0.05, 0) is 67.6 Å². The van der Waals surface area contributed by atoms with Crippen molar-refractivity contribution in [2.75, 3.05) is 0 Å². The van der Waals surface area contributed by atoms with E-state index in [1.54, 1.807) is 0 Å². The second kappa shape index (κ2) is 8.55. The van der Waals surface area contributed by atoms with Crippen molar-refractivity contribution in [1.29, 1.82) is 0 Å². The Hall–Kier alpha value is -1.06. The van der Waals surface area contributed by atoms with E-state index in [4.69, 9.17) is 34.7 Å². The van der Waals surface area contributed by atoms with Gasteiger partial charge in [-0.25, -0.2) is 0 Å². The fraction of sp³-hybridized carbons (Fsp3) is 0.429. The van der Waals surface area contributed by atoms with Gasteiger partial charge in [0.15, 0.2) is 0 Å². The minimum Gasteiger partial charge on any atom is -0.321 e. The number of alkyl halides is 2. The summed E-state index contributed by atoms with van der Waals surface area (Å²) >= 11 is 13.5. The van der Waals surface area contributed by atoms with Gasteiger partial charge in [-0.2, -0.15) is 0 Å². The molecule has 0 aliphatic heterocycles. The standard InChI is InChI=1S/C21H28Cl2N2/c1-5-12-9-14(18(22)16(7-3)20(12)24)11-15-10-13(6-2)21(25)17(8-4)19(15)23/h5-10,18-21H,11,24-25H2,1-4H3. The second-order valence-electron chi connectivity index (χ2n) is 6.45. The van der Waals surface area contributed by atoms with Gasteiger partial charge < -0.3 is 11.5 Å². The van der Waals surface area contributed by atoms with E-state index in [1.165, 1.54) is 0 Å². The molecule has 4 heteroatoms. The lowest BCUT2D eigenvalue weighted by Crippen LogP contribution is -2.36. The molecule has 0 saturated heterocycles. The molecular weight excluding hydrogens is 351 g/mol. The zero-order valence-electron chi connectivity index (χ0n) is 15.4. The summed E-state index contributed by atoms with van der Waals surface area (Å²) in [6.07, 6.45) is 13.1. The largest absolute Gasteiger partial charge is 0.321 e. The quantitative estimate of drug-likeness (QED) is 0.529. The minimum absolute atomic E-state index is 0.140. The van der Waals surface area contributed by atoms with Crippen molar-refractivity contribution in [2.45, 2.75) is 57.0 Å². The molecule has 4 unspecified atom stereocenters. The van der Waals surface area contributed by atoms with Crippen LogP contribution in [-0.4, -0.2) is 22.8 Å². The fourth-order valence-corrected chi connectivity index (χ4v) is 4.38. The highest BCUT2D eigenvalue weighted by molar-refractivity contribution is 6.25. The first-order chi connectivity index (χ1) is 11.9. The lowest BCUT2D eigenvalue weighted by molar-refractivity contribution is 0.784. The summed E-state index contributed by atoms with van der Waals surface area (Å²) in [7, 11) is 0. The maximum Gasteiger partial charge on any atom is 0.0779 e. The van der Waals surface area contributed by atoms with Crippen LogP contribution in [0.1, 0.15) is 34.1 Å². The first kappa shape index (κ1) is 20.3. The third-order valence-electron chi connectivity index (χ3n) is 5.12. The molecule has 0 aromatic carbocycles. The number of rotatable bonds is 2. The van der Waals surface area contributed by atoms with Crippen molar-refractivity contribution in [3.63, 3.8) is 0 Å². The van der Waals surface area contributed by atoms with Gasteiger partial charge in [0.25, 0.3) is 0 Å². The van der Waals surface area contributed by atoms with Crippen molar-refractivity contribution < 1.29 is 0 Å². The first-order valence-electron chi connectivity index (χ1n) is 8.74. The lowest BCUT2D eigenvalue weighted by Gasteiger charge is -2.33. The van der Waals surface area contributed by atoms with E-state index in [2.05, 4.69) is 24.3 Å². The van der Waals surface area contributed by atoms with E-state index in [1.807, 2.05) is 39.8 Å². The Bertz CT molecular complexity index is 647. The molecule has 0 spiro atoms. The van der Waals surface area contributed by atoms with Crippen LogP contribution in [0.4, 0.5) is 0 Å². The summed E-state index contributed by atoms with van der Waals surface area (Å²) in [4.78, 5) is 0. The van der Waals surface area contributed by atoms with Crippen molar-refractivity contribution in [1.82, 2.24) is 0 Å².